The standard InChI is InChI=1S/C17H14FN5O2/c18-13-3-1-2-12(8-13)17(25)21-10-16(24)22-14-4-5-15(20-9-14)23-7-6-19-11-23/h1-9,11H,10H2,(H,21,25)(H,22,24). The predicted octanol–water partition coefficient (Wildman–Crippen LogP) is 1.77. The Morgan fingerprint density at radius 1 is 1.20 bits per heavy atom. The number of rotatable bonds is 5. The van der Waals surface area contributed by atoms with E-state index in [9.17, 15) is 14.0 Å². The molecular formula is C17H14FN5O2. The van der Waals surface area contributed by atoms with Gasteiger partial charge in [-0.1, -0.05) is 6.07 Å². The second-order valence-corrected chi connectivity index (χ2v) is 5.12. The van der Waals surface area contributed by atoms with Crippen LogP contribution in [0, 0.1) is 5.82 Å². The fourth-order valence-corrected chi connectivity index (χ4v) is 2.10. The maximum absolute atomic E-state index is 13.1. The minimum atomic E-state index is -0.525. The van der Waals surface area contributed by atoms with E-state index in [0.29, 0.717) is 11.5 Å². The van der Waals surface area contributed by atoms with Gasteiger partial charge in [-0.05, 0) is 30.3 Å². The highest BCUT2D eigenvalue weighted by atomic mass is 19.1. The van der Waals surface area contributed by atoms with Crippen molar-refractivity contribution in [3.8, 4) is 5.82 Å². The second-order valence-electron chi connectivity index (χ2n) is 5.12. The van der Waals surface area contributed by atoms with Gasteiger partial charge in [-0.15, -0.1) is 0 Å². The second kappa shape index (κ2) is 7.35. The lowest BCUT2D eigenvalue weighted by atomic mass is 10.2. The number of halogens is 1. The molecule has 0 aliphatic rings. The number of pyridine rings is 1. The van der Waals surface area contributed by atoms with Crippen molar-refractivity contribution in [2.75, 3.05) is 11.9 Å². The Labute approximate surface area is 142 Å². The molecule has 8 heteroatoms. The molecule has 2 N–H and O–H groups in total. The van der Waals surface area contributed by atoms with Crippen molar-refractivity contribution in [2.24, 2.45) is 0 Å². The topological polar surface area (TPSA) is 88.9 Å². The molecule has 3 aromatic rings. The van der Waals surface area contributed by atoms with Crippen molar-refractivity contribution < 1.29 is 14.0 Å². The van der Waals surface area contributed by atoms with E-state index in [1.165, 1.54) is 24.4 Å². The van der Waals surface area contributed by atoms with E-state index in [0.717, 1.165) is 6.07 Å². The Bertz CT molecular complexity index is 878. The van der Waals surface area contributed by atoms with E-state index in [-0.39, 0.29) is 12.1 Å². The summed E-state index contributed by atoms with van der Waals surface area (Å²) in [5.74, 6) is -0.791. The highest BCUT2D eigenvalue weighted by molar-refractivity contribution is 5.99. The lowest BCUT2D eigenvalue weighted by Gasteiger charge is -2.08. The van der Waals surface area contributed by atoms with Crippen LogP contribution in [0.25, 0.3) is 5.82 Å². The zero-order valence-electron chi connectivity index (χ0n) is 13.0. The first-order valence-electron chi connectivity index (χ1n) is 7.40. The number of carbonyl (C=O) groups is 2. The first kappa shape index (κ1) is 16.3. The summed E-state index contributed by atoms with van der Waals surface area (Å²) >= 11 is 0. The van der Waals surface area contributed by atoms with E-state index in [1.807, 2.05) is 0 Å². The van der Waals surface area contributed by atoms with E-state index in [4.69, 9.17) is 0 Å². The number of amides is 2. The molecule has 25 heavy (non-hydrogen) atoms. The average molecular weight is 339 g/mol. The van der Waals surface area contributed by atoms with Crippen molar-refractivity contribution in [1.82, 2.24) is 19.9 Å². The van der Waals surface area contributed by atoms with Gasteiger partial charge in [0.1, 0.15) is 18.0 Å². The highest BCUT2D eigenvalue weighted by Crippen LogP contribution is 2.09. The third-order valence-electron chi connectivity index (χ3n) is 3.30. The smallest absolute Gasteiger partial charge is 0.251 e. The van der Waals surface area contributed by atoms with Gasteiger partial charge in [0, 0.05) is 18.0 Å². The first-order chi connectivity index (χ1) is 12.1. The Morgan fingerprint density at radius 3 is 2.76 bits per heavy atom. The van der Waals surface area contributed by atoms with Gasteiger partial charge in [-0.25, -0.2) is 14.4 Å². The monoisotopic (exact) mass is 339 g/mol. The molecule has 2 heterocycles. The average Bonchev–Trinajstić information content (AvgIpc) is 3.15. The number of hydrogen-bond donors (Lipinski definition) is 2. The molecule has 1 aromatic carbocycles. The molecule has 0 saturated carbocycles. The van der Waals surface area contributed by atoms with Gasteiger partial charge in [0.05, 0.1) is 18.4 Å². The van der Waals surface area contributed by atoms with Gasteiger partial charge in [0.15, 0.2) is 0 Å². The van der Waals surface area contributed by atoms with E-state index in [1.54, 1.807) is 35.4 Å². The number of nitrogens with zero attached hydrogens (tertiary/aromatic N) is 3. The molecule has 0 bridgehead atoms. The molecule has 0 aliphatic carbocycles. The summed E-state index contributed by atoms with van der Waals surface area (Å²) in [6.07, 6.45) is 6.51. The van der Waals surface area contributed by atoms with Crippen LogP contribution in [0.3, 0.4) is 0 Å². The molecule has 0 aliphatic heterocycles. The number of hydrogen-bond acceptors (Lipinski definition) is 4. The van der Waals surface area contributed by atoms with Gasteiger partial charge >= 0.3 is 0 Å². The first-order valence-corrected chi connectivity index (χ1v) is 7.40. The minimum Gasteiger partial charge on any atom is -0.343 e. The molecular weight excluding hydrogens is 325 g/mol. The summed E-state index contributed by atoms with van der Waals surface area (Å²) in [4.78, 5) is 31.9. The zero-order chi connectivity index (χ0) is 17.6. The molecule has 0 radical (unpaired) electrons. The lowest BCUT2D eigenvalue weighted by molar-refractivity contribution is -0.115. The van der Waals surface area contributed by atoms with Gasteiger partial charge < -0.3 is 10.6 Å². The van der Waals surface area contributed by atoms with E-state index in [2.05, 4.69) is 20.6 Å². The quantitative estimate of drug-likeness (QED) is 0.741. The molecule has 3 rings (SSSR count). The maximum Gasteiger partial charge on any atom is 0.251 e. The van der Waals surface area contributed by atoms with Crippen LogP contribution in [0.2, 0.25) is 0 Å². The molecule has 0 unspecified atom stereocenters. The van der Waals surface area contributed by atoms with Gasteiger partial charge in [-0.3, -0.25) is 14.2 Å². The third-order valence-corrected chi connectivity index (χ3v) is 3.30. The fraction of sp³-hybridized carbons (Fsp3) is 0.0588. The normalized spacial score (nSPS) is 10.3. The molecule has 0 atom stereocenters. The van der Waals surface area contributed by atoms with Crippen LogP contribution in [0.4, 0.5) is 10.1 Å². The maximum atomic E-state index is 13.1. The molecule has 2 aromatic heterocycles. The Kier molecular flexibility index (Phi) is 4.79. The van der Waals surface area contributed by atoms with Crippen LogP contribution in [0.15, 0.2) is 61.3 Å². The molecule has 0 saturated heterocycles. The Balaban J connectivity index is 1.53. The summed E-state index contributed by atoms with van der Waals surface area (Å²) in [6, 6.07) is 8.65. The summed E-state index contributed by atoms with van der Waals surface area (Å²) in [5.41, 5.74) is 0.646. The molecule has 126 valence electrons. The molecule has 2 amide bonds. The SMILES string of the molecule is O=C(CNC(=O)c1cccc(F)c1)Nc1ccc(-n2ccnc2)nc1. The number of aromatic nitrogens is 3. The molecule has 0 spiro atoms. The summed E-state index contributed by atoms with van der Waals surface area (Å²) in [5, 5.41) is 5.05. The van der Waals surface area contributed by atoms with Crippen molar-refractivity contribution in [3.05, 3.63) is 72.7 Å². The fourth-order valence-electron chi connectivity index (χ4n) is 2.10. The van der Waals surface area contributed by atoms with Gasteiger partial charge in [0.25, 0.3) is 5.91 Å². The van der Waals surface area contributed by atoms with Crippen molar-refractivity contribution >= 4 is 17.5 Å². The Morgan fingerprint density at radius 2 is 2.08 bits per heavy atom. The zero-order valence-corrected chi connectivity index (χ0v) is 13.0. The number of anilines is 1. The van der Waals surface area contributed by atoms with Crippen LogP contribution in [0.1, 0.15) is 10.4 Å². The van der Waals surface area contributed by atoms with Gasteiger partial charge in [0.2, 0.25) is 5.91 Å². The van der Waals surface area contributed by atoms with E-state index < -0.39 is 17.6 Å². The Hall–Kier alpha value is -3.55. The third kappa shape index (κ3) is 4.25. The molecule has 7 nitrogen and oxygen atoms in total. The summed E-state index contributed by atoms with van der Waals surface area (Å²) in [6.45, 7) is -0.237. The summed E-state index contributed by atoms with van der Waals surface area (Å²) < 4.78 is 14.8. The number of imidazole rings is 1. The minimum absolute atomic E-state index is 0.152. The van der Waals surface area contributed by atoms with E-state index >= 15 is 0 Å². The summed E-state index contributed by atoms with van der Waals surface area (Å²) in [7, 11) is 0. The predicted molar refractivity (Wildman–Crippen MR) is 88.7 cm³/mol. The van der Waals surface area contributed by atoms with Crippen LogP contribution in [-0.4, -0.2) is 32.9 Å². The number of nitrogens with one attached hydrogen (secondary N) is 2. The van der Waals surface area contributed by atoms with Crippen molar-refractivity contribution in [1.29, 1.82) is 0 Å². The van der Waals surface area contributed by atoms with Crippen LogP contribution >= 0.6 is 0 Å². The molecule has 0 fully saturated rings. The van der Waals surface area contributed by atoms with Crippen molar-refractivity contribution in [2.45, 2.75) is 0 Å². The highest BCUT2D eigenvalue weighted by Gasteiger charge is 2.09. The largest absolute Gasteiger partial charge is 0.343 e. The number of carbonyl (C=O) groups excluding carboxylic acids is 2. The van der Waals surface area contributed by atoms with Crippen LogP contribution in [-0.2, 0) is 4.79 Å². The van der Waals surface area contributed by atoms with Gasteiger partial charge in [-0.2, -0.15) is 0 Å². The van der Waals surface area contributed by atoms with Crippen LogP contribution in [0.5, 0.6) is 0 Å². The van der Waals surface area contributed by atoms with Crippen LogP contribution < -0.4 is 10.6 Å². The lowest BCUT2D eigenvalue weighted by Crippen LogP contribution is -2.32. The number of benzene rings is 1. The van der Waals surface area contributed by atoms with Crippen molar-refractivity contribution in [3.63, 3.8) is 0 Å².